The van der Waals surface area contributed by atoms with Gasteiger partial charge in [0.1, 0.15) is 0 Å². The monoisotopic (exact) mass is 272 g/mol. The van der Waals surface area contributed by atoms with Gasteiger partial charge in [-0.1, -0.05) is 11.6 Å². The molecule has 2 N–H and O–H groups in total. The summed E-state index contributed by atoms with van der Waals surface area (Å²) in [6.07, 6.45) is -2.93. The SMILES string of the molecule is COc1nc(S(N)(=O)=O)cc(Cl)c1C(F)F. The van der Waals surface area contributed by atoms with E-state index in [-0.39, 0.29) is 0 Å². The second-order valence-electron chi connectivity index (χ2n) is 2.71. The molecule has 1 rings (SSSR count). The number of alkyl halides is 2. The van der Waals surface area contributed by atoms with E-state index in [4.69, 9.17) is 16.7 Å². The molecule has 0 aliphatic rings. The van der Waals surface area contributed by atoms with Gasteiger partial charge < -0.3 is 4.74 Å². The zero-order chi connectivity index (χ0) is 12.5. The summed E-state index contributed by atoms with van der Waals surface area (Å²) < 4.78 is 51.5. The van der Waals surface area contributed by atoms with Gasteiger partial charge in [-0.25, -0.2) is 22.3 Å². The van der Waals surface area contributed by atoms with Gasteiger partial charge in [-0.15, -0.1) is 0 Å². The Bertz CT molecular complexity index is 507. The van der Waals surface area contributed by atoms with Gasteiger partial charge in [-0.05, 0) is 6.07 Å². The van der Waals surface area contributed by atoms with Crippen molar-refractivity contribution in [2.24, 2.45) is 5.14 Å². The quantitative estimate of drug-likeness (QED) is 0.900. The zero-order valence-electron chi connectivity index (χ0n) is 7.95. The number of ether oxygens (including phenoxy) is 1. The maximum absolute atomic E-state index is 12.5. The van der Waals surface area contributed by atoms with Crippen LogP contribution in [0.4, 0.5) is 8.78 Å². The van der Waals surface area contributed by atoms with E-state index in [0.717, 1.165) is 13.2 Å². The molecule has 1 aromatic rings. The number of primary sulfonamides is 1. The maximum atomic E-state index is 12.5. The van der Waals surface area contributed by atoms with Crippen LogP contribution in [0.5, 0.6) is 5.88 Å². The Morgan fingerprint density at radius 2 is 2.12 bits per heavy atom. The zero-order valence-corrected chi connectivity index (χ0v) is 9.52. The van der Waals surface area contributed by atoms with E-state index in [0.29, 0.717) is 0 Å². The summed E-state index contributed by atoms with van der Waals surface area (Å²) >= 11 is 5.49. The van der Waals surface area contributed by atoms with Crippen LogP contribution < -0.4 is 9.88 Å². The van der Waals surface area contributed by atoms with Crippen molar-refractivity contribution in [2.45, 2.75) is 11.5 Å². The van der Waals surface area contributed by atoms with Crippen molar-refractivity contribution < 1.29 is 21.9 Å². The van der Waals surface area contributed by atoms with Crippen molar-refractivity contribution in [3.63, 3.8) is 0 Å². The van der Waals surface area contributed by atoms with Crippen molar-refractivity contribution in [3.05, 3.63) is 16.7 Å². The minimum absolute atomic E-state index is 0.467. The number of methoxy groups -OCH3 is 1. The molecular weight excluding hydrogens is 266 g/mol. The van der Waals surface area contributed by atoms with Crippen LogP contribution in [0.2, 0.25) is 5.02 Å². The molecule has 0 amide bonds. The first-order valence-electron chi connectivity index (χ1n) is 3.82. The first-order valence-corrected chi connectivity index (χ1v) is 5.75. The van der Waals surface area contributed by atoms with Gasteiger partial charge in [0.05, 0.1) is 17.7 Å². The Morgan fingerprint density at radius 1 is 1.56 bits per heavy atom. The highest BCUT2D eigenvalue weighted by Gasteiger charge is 2.23. The summed E-state index contributed by atoms with van der Waals surface area (Å²) in [6, 6.07) is 0.751. The molecule has 0 spiro atoms. The van der Waals surface area contributed by atoms with Crippen LogP contribution in [0, 0.1) is 0 Å². The number of hydrogen-bond donors (Lipinski definition) is 1. The summed E-state index contributed by atoms with van der Waals surface area (Å²) in [5.74, 6) is -0.563. The average Bonchev–Trinajstić information content (AvgIpc) is 2.14. The Kier molecular flexibility index (Phi) is 3.66. The molecule has 0 atom stereocenters. The van der Waals surface area contributed by atoms with Crippen LogP contribution in [-0.4, -0.2) is 20.5 Å². The molecule has 0 bridgehead atoms. The Morgan fingerprint density at radius 3 is 2.50 bits per heavy atom. The molecule has 9 heteroatoms. The molecule has 1 aromatic heterocycles. The Balaban J connectivity index is 3.50. The van der Waals surface area contributed by atoms with Gasteiger partial charge in [-0.2, -0.15) is 4.98 Å². The standard InChI is InChI=1S/C7H7ClF2N2O3S/c1-15-7-5(6(9)10)3(8)2-4(12-7)16(11,13)14/h2,6H,1H3,(H2,11,13,14). The first kappa shape index (κ1) is 13.1. The predicted octanol–water partition coefficient (Wildman–Crippen LogP) is 1.33. The fourth-order valence-corrected chi connectivity index (χ4v) is 1.80. The first-order chi connectivity index (χ1) is 7.27. The third-order valence-electron chi connectivity index (χ3n) is 1.65. The van der Waals surface area contributed by atoms with Crippen molar-refractivity contribution >= 4 is 21.6 Å². The normalized spacial score (nSPS) is 11.9. The van der Waals surface area contributed by atoms with Crippen LogP contribution in [0.3, 0.4) is 0 Å². The van der Waals surface area contributed by atoms with E-state index in [1.54, 1.807) is 0 Å². The number of halogens is 3. The number of nitrogens with zero attached hydrogens (tertiary/aromatic N) is 1. The van der Waals surface area contributed by atoms with Gasteiger partial charge in [0, 0.05) is 0 Å². The number of hydrogen-bond acceptors (Lipinski definition) is 4. The number of sulfonamides is 1. The average molecular weight is 273 g/mol. The molecule has 5 nitrogen and oxygen atoms in total. The van der Waals surface area contributed by atoms with Crippen molar-refractivity contribution in [3.8, 4) is 5.88 Å². The molecule has 16 heavy (non-hydrogen) atoms. The molecule has 1 heterocycles. The van der Waals surface area contributed by atoms with Crippen molar-refractivity contribution in [2.75, 3.05) is 7.11 Å². The Labute approximate surface area is 95.2 Å². The third kappa shape index (κ3) is 2.57. The largest absolute Gasteiger partial charge is 0.481 e. The van der Waals surface area contributed by atoms with Gasteiger partial charge >= 0.3 is 0 Å². The van der Waals surface area contributed by atoms with E-state index in [1.807, 2.05) is 0 Å². The fourth-order valence-electron chi connectivity index (χ4n) is 0.980. The van der Waals surface area contributed by atoms with Gasteiger partial charge in [0.15, 0.2) is 5.03 Å². The summed E-state index contributed by atoms with van der Waals surface area (Å²) in [5.41, 5.74) is -0.670. The van der Waals surface area contributed by atoms with E-state index in [2.05, 4.69) is 9.72 Å². The third-order valence-corrected chi connectivity index (χ3v) is 2.76. The highest BCUT2D eigenvalue weighted by molar-refractivity contribution is 7.89. The Hall–Kier alpha value is -0.990. The second-order valence-corrected chi connectivity index (χ2v) is 4.63. The smallest absolute Gasteiger partial charge is 0.270 e. The molecule has 0 saturated carbocycles. The lowest BCUT2D eigenvalue weighted by Gasteiger charge is -2.09. The summed E-state index contributed by atoms with van der Waals surface area (Å²) in [4.78, 5) is 3.34. The molecule has 0 fully saturated rings. The van der Waals surface area contributed by atoms with E-state index < -0.39 is 37.9 Å². The lowest BCUT2D eigenvalue weighted by atomic mass is 10.3. The molecule has 0 aliphatic heterocycles. The summed E-state index contributed by atoms with van der Waals surface area (Å²) in [7, 11) is -3.05. The van der Waals surface area contributed by atoms with Crippen LogP contribution in [0.25, 0.3) is 0 Å². The van der Waals surface area contributed by atoms with Crippen LogP contribution >= 0.6 is 11.6 Å². The molecule has 0 aromatic carbocycles. The minimum Gasteiger partial charge on any atom is -0.481 e. The van der Waals surface area contributed by atoms with Crippen LogP contribution in [-0.2, 0) is 10.0 Å². The van der Waals surface area contributed by atoms with Crippen molar-refractivity contribution in [1.82, 2.24) is 4.98 Å². The van der Waals surface area contributed by atoms with Gasteiger partial charge in [-0.3, -0.25) is 0 Å². The van der Waals surface area contributed by atoms with E-state index in [9.17, 15) is 17.2 Å². The fraction of sp³-hybridized carbons (Fsp3) is 0.286. The molecule has 0 unspecified atom stereocenters. The highest BCUT2D eigenvalue weighted by Crippen LogP contribution is 2.34. The molecule has 0 aliphatic carbocycles. The second kappa shape index (κ2) is 4.48. The maximum Gasteiger partial charge on any atom is 0.270 e. The topological polar surface area (TPSA) is 82.3 Å². The summed E-state index contributed by atoms with van der Waals surface area (Å²) in [6.45, 7) is 0. The van der Waals surface area contributed by atoms with Gasteiger partial charge in [0.2, 0.25) is 5.88 Å². The molecule has 0 saturated heterocycles. The minimum atomic E-state index is -4.12. The molecular formula is C7H7ClF2N2O3S. The van der Waals surface area contributed by atoms with E-state index >= 15 is 0 Å². The van der Waals surface area contributed by atoms with E-state index in [1.165, 1.54) is 0 Å². The predicted molar refractivity (Wildman–Crippen MR) is 52.1 cm³/mol. The lowest BCUT2D eigenvalue weighted by molar-refractivity contribution is 0.146. The van der Waals surface area contributed by atoms with Crippen LogP contribution in [0.1, 0.15) is 12.0 Å². The molecule has 0 radical (unpaired) electrons. The van der Waals surface area contributed by atoms with Crippen LogP contribution in [0.15, 0.2) is 11.1 Å². The molecule has 90 valence electrons. The lowest BCUT2D eigenvalue weighted by Crippen LogP contribution is -2.15. The number of pyridine rings is 1. The highest BCUT2D eigenvalue weighted by atomic mass is 35.5. The summed E-state index contributed by atoms with van der Waals surface area (Å²) in [5, 5.41) is 3.69. The van der Waals surface area contributed by atoms with Crippen molar-refractivity contribution in [1.29, 1.82) is 0 Å². The number of nitrogens with two attached hydrogens (primary N) is 1. The number of rotatable bonds is 3. The number of aromatic nitrogens is 1. The van der Waals surface area contributed by atoms with Gasteiger partial charge in [0.25, 0.3) is 16.4 Å².